The van der Waals surface area contributed by atoms with Gasteiger partial charge in [-0.15, -0.1) is 0 Å². The van der Waals surface area contributed by atoms with Crippen LogP contribution in [0.3, 0.4) is 0 Å². The van der Waals surface area contributed by atoms with Crippen molar-refractivity contribution in [1.29, 1.82) is 0 Å². The van der Waals surface area contributed by atoms with E-state index >= 15 is 0 Å². The van der Waals surface area contributed by atoms with Gasteiger partial charge < -0.3 is 20.0 Å². The Morgan fingerprint density at radius 2 is 2.03 bits per heavy atom. The molecule has 2 aromatic carbocycles. The van der Waals surface area contributed by atoms with Gasteiger partial charge >= 0.3 is 0 Å². The van der Waals surface area contributed by atoms with E-state index in [0.29, 0.717) is 34.4 Å². The van der Waals surface area contributed by atoms with Crippen molar-refractivity contribution in [3.63, 3.8) is 0 Å². The molecule has 3 atom stereocenters. The van der Waals surface area contributed by atoms with Gasteiger partial charge in [-0.3, -0.25) is 19.5 Å². The van der Waals surface area contributed by atoms with Crippen LogP contribution < -0.4 is 10.5 Å². The third-order valence-corrected chi connectivity index (χ3v) is 7.52. The molecule has 188 valence electrons. The number of benzene rings is 2. The number of aromatic amines is 1. The Morgan fingerprint density at radius 1 is 1.25 bits per heavy atom. The highest BCUT2D eigenvalue weighted by Crippen LogP contribution is 2.45. The van der Waals surface area contributed by atoms with Gasteiger partial charge in [-0.05, 0) is 43.2 Å². The van der Waals surface area contributed by atoms with Gasteiger partial charge in [0, 0.05) is 31.5 Å². The van der Waals surface area contributed by atoms with Crippen LogP contribution >= 0.6 is 0 Å². The maximum atomic E-state index is 13.2. The summed E-state index contributed by atoms with van der Waals surface area (Å²) in [5.41, 5.74) is 0.0920. The van der Waals surface area contributed by atoms with Gasteiger partial charge in [-0.1, -0.05) is 31.2 Å². The first-order chi connectivity index (χ1) is 17.3. The predicted octanol–water partition coefficient (Wildman–Crippen LogP) is 2.05. The van der Waals surface area contributed by atoms with E-state index in [1.165, 1.54) is 9.58 Å². The van der Waals surface area contributed by atoms with Crippen LogP contribution in [-0.4, -0.2) is 62.9 Å². The number of likely N-dealkylation sites (tertiary alicyclic amines) is 1. The molecule has 0 spiro atoms. The fourth-order valence-electron chi connectivity index (χ4n) is 5.41. The van der Waals surface area contributed by atoms with Crippen molar-refractivity contribution >= 4 is 28.4 Å². The van der Waals surface area contributed by atoms with Crippen molar-refractivity contribution in [3.05, 3.63) is 70.5 Å². The van der Waals surface area contributed by atoms with Crippen LogP contribution in [0.25, 0.3) is 16.6 Å². The quantitative estimate of drug-likeness (QED) is 0.457. The number of hydrogen-bond donors (Lipinski definition) is 3. The zero-order valence-electron chi connectivity index (χ0n) is 20.3. The van der Waals surface area contributed by atoms with Crippen LogP contribution in [0.1, 0.15) is 31.7 Å². The fraction of sp³-hybridized carbons (Fsp3) is 0.370. The summed E-state index contributed by atoms with van der Waals surface area (Å²) in [5, 5.41) is 24.8. The van der Waals surface area contributed by atoms with Crippen LogP contribution in [0, 0.1) is 5.92 Å². The van der Waals surface area contributed by atoms with Gasteiger partial charge in [0.2, 0.25) is 5.91 Å². The predicted molar refractivity (Wildman–Crippen MR) is 136 cm³/mol. The summed E-state index contributed by atoms with van der Waals surface area (Å²) in [4.78, 5) is 41.9. The SMILES string of the molecule is C[C@@H](/C=C/CC(=O)N1CCC[C@H]1CO)[C@]1(O)C(=O)N(C)c2ccc(-n3[nH]c4ccccc4c3=O)cc21. The minimum atomic E-state index is -1.85. The Hall–Kier alpha value is -3.69. The molecule has 3 aromatic rings. The highest BCUT2D eigenvalue weighted by Gasteiger charge is 2.51. The molecule has 3 heterocycles. The second-order valence-electron chi connectivity index (χ2n) is 9.62. The molecule has 3 N–H and O–H groups in total. The Morgan fingerprint density at radius 3 is 2.78 bits per heavy atom. The lowest BCUT2D eigenvalue weighted by Gasteiger charge is -2.27. The van der Waals surface area contributed by atoms with Crippen molar-refractivity contribution in [3.8, 4) is 5.69 Å². The molecule has 1 fully saturated rings. The second kappa shape index (κ2) is 9.07. The summed E-state index contributed by atoms with van der Waals surface area (Å²) in [7, 11) is 1.61. The molecule has 0 bridgehead atoms. The summed E-state index contributed by atoms with van der Waals surface area (Å²) in [6, 6.07) is 12.2. The lowest BCUT2D eigenvalue weighted by atomic mass is 9.82. The maximum Gasteiger partial charge on any atom is 0.279 e. The molecule has 1 saturated heterocycles. The number of anilines is 1. The zero-order chi connectivity index (χ0) is 25.6. The number of fused-ring (bicyclic) bond motifs is 2. The van der Waals surface area contributed by atoms with E-state index in [0.717, 1.165) is 12.8 Å². The minimum absolute atomic E-state index is 0.0506. The number of H-pyrrole nitrogens is 1. The summed E-state index contributed by atoms with van der Waals surface area (Å²) in [5.74, 6) is -1.19. The lowest BCUT2D eigenvalue weighted by Crippen LogP contribution is -2.43. The van der Waals surface area contributed by atoms with E-state index in [-0.39, 0.29) is 30.5 Å². The molecule has 0 unspecified atom stereocenters. The zero-order valence-corrected chi connectivity index (χ0v) is 20.3. The molecule has 0 saturated carbocycles. The van der Waals surface area contributed by atoms with E-state index in [9.17, 15) is 24.6 Å². The Labute approximate surface area is 208 Å². The van der Waals surface area contributed by atoms with Gasteiger partial charge in [0.1, 0.15) is 0 Å². The van der Waals surface area contributed by atoms with Crippen molar-refractivity contribution in [2.24, 2.45) is 5.92 Å². The van der Waals surface area contributed by atoms with E-state index in [1.807, 2.05) is 12.1 Å². The number of amides is 2. The van der Waals surface area contributed by atoms with Crippen LogP contribution in [0.2, 0.25) is 0 Å². The first kappa shape index (κ1) is 24.0. The van der Waals surface area contributed by atoms with E-state index < -0.39 is 17.4 Å². The molecule has 36 heavy (non-hydrogen) atoms. The largest absolute Gasteiger partial charge is 0.394 e. The second-order valence-corrected chi connectivity index (χ2v) is 9.62. The average molecular weight is 491 g/mol. The molecule has 2 amide bonds. The number of rotatable bonds is 6. The summed E-state index contributed by atoms with van der Waals surface area (Å²) >= 11 is 0. The van der Waals surface area contributed by atoms with Crippen molar-refractivity contribution in [2.45, 2.75) is 37.8 Å². The van der Waals surface area contributed by atoms with Crippen LogP contribution in [-0.2, 0) is 15.2 Å². The van der Waals surface area contributed by atoms with Gasteiger partial charge in [0.15, 0.2) is 5.60 Å². The molecule has 0 radical (unpaired) electrons. The number of likely N-dealkylation sites (N-methyl/N-ethyl adjacent to an activating group) is 1. The molecule has 2 aliphatic heterocycles. The van der Waals surface area contributed by atoms with Crippen LogP contribution in [0.15, 0.2) is 59.4 Å². The molecular weight excluding hydrogens is 460 g/mol. The number of aliphatic hydroxyl groups excluding tert-OH is 1. The minimum Gasteiger partial charge on any atom is -0.394 e. The summed E-state index contributed by atoms with van der Waals surface area (Å²) in [6.45, 7) is 2.31. The number of para-hydroxylation sites is 1. The standard InChI is InChI=1S/C27H30N4O5/c1-17(7-5-11-24(33)30-14-6-8-19(30)16-32)27(36)21-15-18(12-13-23(21)29(2)26(27)35)31-25(34)20-9-3-4-10-22(20)28-31/h3-5,7,9-10,12-13,15,17,19,28,32,36H,6,8,11,14,16H2,1-2H3/b7-5+/t17-,19-,27+/m0/s1. The lowest BCUT2D eigenvalue weighted by molar-refractivity contribution is -0.139. The number of carbonyl (C=O) groups is 2. The highest BCUT2D eigenvalue weighted by molar-refractivity contribution is 6.07. The van der Waals surface area contributed by atoms with Crippen molar-refractivity contribution in [2.75, 3.05) is 25.1 Å². The Bertz CT molecular complexity index is 1420. The van der Waals surface area contributed by atoms with Crippen molar-refractivity contribution in [1.82, 2.24) is 14.7 Å². The van der Waals surface area contributed by atoms with Crippen LogP contribution in [0.5, 0.6) is 0 Å². The van der Waals surface area contributed by atoms with E-state index in [2.05, 4.69) is 5.10 Å². The third kappa shape index (κ3) is 3.66. The number of nitrogens with one attached hydrogen (secondary N) is 1. The van der Waals surface area contributed by atoms with Gasteiger partial charge in [0.05, 0.1) is 34.9 Å². The topological polar surface area (TPSA) is 119 Å². The number of aromatic nitrogens is 2. The molecule has 5 rings (SSSR count). The van der Waals surface area contributed by atoms with E-state index in [4.69, 9.17) is 0 Å². The number of aliphatic hydroxyl groups is 2. The summed E-state index contributed by atoms with van der Waals surface area (Å²) < 4.78 is 1.40. The molecule has 9 heteroatoms. The van der Waals surface area contributed by atoms with Crippen LogP contribution in [0.4, 0.5) is 5.69 Å². The monoisotopic (exact) mass is 490 g/mol. The molecule has 1 aromatic heterocycles. The number of nitrogens with zero attached hydrogens (tertiary/aromatic N) is 3. The van der Waals surface area contributed by atoms with Crippen molar-refractivity contribution < 1.29 is 19.8 Å². The third-order valence-electron chi connectivity index (χ3n) is 7.52. The smallest absolute Gasteiger partial charge is 0.279 e. The molecular formula is C27H30N4O5. The van der Waals surface area contributed by atoms with Gasteiger partial charge in [-0.25, -0.2) is 4.68 Å². The summed E-state index contributed by atoms with van der Waals surface area (Å²) in [6.07, 6.45) is 5.15. The van der Waals surface area contributed by atoms with Gasteiger partial charge in [-0.2, -0.15) is 0 Å². The number of hydrogen-bond acceptors (Lipinski definition) is 5. The highest BCUT2D eigenvalue weighted by atomic mass is 16.3. The first-order valence-corrected chi connectivity index (χ1v) is 12.2. The normalized spacial score (nSPS) is 22.7. The Balaban J connectivity index is 1.44. The van der Waals surface area contributed by atoms with Gasteiger partial charge in [0.25, 0.3) is 11.5 Å². The Kier molecular flexibility index (Phi) is 6.05. The molecule has 2 aliphatic rings. The average Bonchev–Trinajstić information content (AvgIpc) is 3.56. The number of carbonyl (C=O) groups excluding carboxylic acids is 2. The molecule has 9 nitrogen and oxygen atoms in total. The molecule has 0 aliphatic carbocycles. The fourth-order valence-corrected chi connectivity index (χ4v) is 5.41. The van der Waals surface area contributed by atoms with E-state index in [1.54, 1.807) is 61.4 Å². The first-order valence-electron chi connectivity index (χ1n) is 12.2. The maximum absolute atomic E-state index is 13.2.